The van der Waals surface area contributed by atoms with Gasteiger partial charge in [-0.05, 0) is 45.7 Å². The maximum Gasteiger partial charge on any atom is 0.251 e. The number of nitrogens with one attached hydrogen (secondary N) is 2. The minimum atomic E-state index is -3.41. The molecule has 1 aromatic heterocycles. The summed E-state index contributed by atoms with van der Waals surface area (Å²) in [4.78, 5) is 3.99. The standard InChI is InChI=1S/C11H19N3O2S2.ClH/c1-8(10-4-3-5-12-6-10)14-18(15,16)11-7-13-9(2)17-11;/h7-8,10,12,14H,3-6H2,1-2H3;1H. The molecule has 2 unspecified atom stereocenters. The Balaban J connectivity index is 0.00000180. The van der Waals surface area contributed by atoms with Gasteiger partial charge in [0.25, 0.3) is 10.0 Å². The van der Waals surface area contributed by atoms with E-state index in [1.54, 1.807) is 6.92 Å². The molecule has 110 valence electrons. The molecule has 1 aromatic rings. The topological polar surface area (TPSA) is 71.1 Å². The number of sulfonamides is 1. The van der Waals surface area contributed by atoms with Crippen LogP contribution in [0.4, 0.5) is 0 Å². The van der Waals surface area contributed by atoms with E-state index in [0.717, 1.165) is 30.9 Å². The van der Waals surface area contributed by atoms with Gasteiger partial charge in [-0.3, -0.25) is 0 Å². The summed E-state index contributed by atoms with van der Waals surface area (Å²) in [5.74, 6) is 0.363. The summed E-state index contributed by atoms with van der Waals surface area (Å²) in [6.45, 7) is 5.65. The van der Waals surface area contributed by atoms with Gasteiger partial charge in [0.15, 0.2) is 4.21 Å². The molecule has 5 nitrogen and oxygen atoms in total. The van der Waals surface area contributed by atoms with Crippen LogP contribution >= 0.6 is 23.7 Å². The summed E-state index contributed by atoms with van der Waals surface area (Å²) in [7, 11) is -3.41. The van der Waals surface area contributed by atoms with E-state index < -0.39 is 10.0 Å². The van der Waals surface area contributed by atoms with Crippen molar-refractivity contribution in [1.29, 1.82) is 0 Å². The fraction of sp³-hybridized carbons (Fsp3) is 0.727. The van der Waals surface area contributed by atoms with Gasteiger partial charge in [-0.15, -0.1) is 23.7 Å². The van der Waals surface area contributed by atoms with Gasteiger partial charge in [0.1, 0.15) is 0 Å². The second-order valence-corrected chi connectivity index (χ2v) is 7.89. The molecule has 2 heterocycles. The summed E-state index contributed by atoms with van der Waals surface area (Å²) in [6.07, 6.45) is 3.60. The molecule has 1 aliphatic rings. The van der Waals surface area contributed by atoms with Gasteiger partial charge in [-0.2, -0.15) is 0 Å². The Morgan fingerprint density at radius 1 is 1.58 bits per heavy atom. The van der Waals surface area contributed by atoms with E-state index in [-0.39, 0.29) is 18.4 Å². The van der Waals surface area contributed by atoms with Crippen molar-refractivity contribution >= 4 is 33.8 Å². The van der Waals surface area contributed by atoms with E-state index in [1.807, 2.05) is 6.92 Å². The van der Waals surface area contributed by atoms with Crippen molar-refractivity contribution in [2.24, 2.45) is 5.92 Å². The minimum Gasteiger partial charge on any atom is -0.316 e. The highest BCUT2D eigenvalue weighted by Crippen LogP contribution is 2.20. The van der Waals surface area contributed by atoms with E-state index in [9.17, 15) is 8.42 Å². The first kappa shape index (κ1) is 16.8. The highest BCUT2D eigenvalue weighted by atomic mass is 35.5. The predicted octanol–water partition coefficient (Wildman–Crippen LogP) is 1.54. The minimum absolute atomic E-state index is 0. The molecule has 1 saturated heterocycles. The third-order valence-corrected chi connectivity index (χ3v) is 6.18. The number of rotatable bonds is 4. The Kier molecular flexibility index (Phi) is 6.19. The number of hydrogen-bond acceptors (Lipinski definition) is 5. The van der Waals surface area contributed by atoms with E-state index in [1.165, 1.54) is 17.5 Å². The fourth-order valence-corrected chi connectivity index (χ4v) is 4.61. The quantitative estimate of drug-likeness (QED) is 0.881. The van der Waals surface area contributed by atoms with Crippen molar-refractivity contribution in [1.82, 2.24) is 15.0 Å². The van der Waals surface area contributed by atoms with Crippen molar-refractivity contribution in [2.75, 3.05) is 13.1 Å². The number of aromatic nitrogens is 1. The van der Waals surface area contributed by atoms with Crippen LogP contribution in [0.5, 0.6) is 0 Å². The summed E-state index contributed by atoms with van der Waals surface area (Å²) < 4.78 is 27.3. The van der Waals surface area contributed by atoms with Gasteiger partial charge in [0.2, 0.25) is 0 Å². The zero-order chi connectivity index (χ0) is 13.2. The van der Waals surface area contributed by atoms with Gasteiger partial charge >= 0.3 is 0 Å². The number of thiazole rings is 1. The van der Waals surface area contributed by atoms with Crippen LogP contribution in [0.3, 0.4) is 0 Å². The van der Waals surface area contributed by atoms with Gasteiger partial charge in [0.05, 0.1) is 11.2 Å². The first-order valence-corrected chi connectivity index (χ1v) is 8.44. The normalized spacial score (nSPS) is 21.7. The molecule has 19 heavy (non-hydrogen) atoms. The molecule has 2 rings (SSSR count). The van der Waals surface area contributed by atoms with Crippen molar-refractivity contribution < 1.29 is 8.42 Å². The molecular weight excluding hydrogens is 306 g/mol. The van der Waals surface area contributed by atoms with Crippen LogP contribution in [0.15, 0.2) is 10.4 Å². The van der Waals surface area contributed by atoms with Crippen LogP contribution in [0.2, 0.25) is 0 Å². The Morgan fingerprint density at radius 2 is 2.32 bits per heavy atom. The highest BCUT2D eigenvalue weighted by molar-refractivity contribution is 7.91. The molecule has 0 aliphatic carbocycles. The lowest BCUT2D eigenvalue weighted by Gasteiger charge is -2.28. The number of aryl methyl sites for hydroxylation is 1. The zero-order valence-electron chi connectivity index (χ0n) is 11.0. The number of nitrogens with zero attached hydrogens (tertiary/aromatic N) is 1. The molecule has 0 amide bonds. The molecule has 1 aliphatic heterocycles. The Hall–Kier alpha value is -0.210. The highest BCUT2D eigenvalue weighted by Gasteiger charge is 2.26. The first-order chi connectivity index (χ1) is 8.49. The summed E-state index contributed by atoms with van der Waals surface area (Å²) in [5.41, 5.74) is 0. The first-order valence-electron chi connectivity index (χ1n) is 6.14. The monoisotopic (exact) mass is 325 g/mol. The molecule has 0 saturated carbocycles. The number of halogens is 1. The van der Waals surface area contributed by atoms with Crippen molar-refractivity contribution in [3.63, 3.8) is 0 Å². The Labute approximate surface area is 124 Å². The maximum atomic E-state index is 12.1. The molecule has 0 radical (unpaired) electrons. The van der Waals surface area contributed by atoms with E-state index in [0.29, 0.717) is 10.1 Å². The van der Waals surface area contributed by atoms with Crippen molar-refractivity contribution in [3.8, 4) is 0 Å². The average Bonchev–Trinajstić information content (AvgIpc) is 2.77. The van der Waals surface area contributed by atoms with Crippen LogP contribution in [0.25, 0.3) is 0 Å². The summed E-state index contributed by atoms with van der Waals surface area (Å²) >= 11 is 1.21. The second-order valence-electron chi connectivity index (χ2n) is 4.71. The van der Waals surface area contributed by atoms with E-state index in [4.69, 9.17) is 0 Å². The second kappa shape index (κ2) is 6.99. The van der Waals surface area contributed by atoms with Crippen molar-refractivity contribution in [2.45, 2.75) is 36.9 Å². The largest absolute Gasteiger partial charge is 0.316 e. The molecule has 0 bridgehead atoms. The van der Waals surface area contributed by atoms with Gasteiger partial charge in [0, 0.05) is 6.04 Å². The van der Waals surface area contributed by atoms with Crippen LogP contribution in [-0.2, 0) is 10.0 Å². The molecule has 8 heteroatoms. The number of hydrogen-bond donors (Lipinski definition) is 2. The van der Waals surface area contributed by atoms with Gasteiger partial charge < -0.3 is 5.32 Å². The lowest BCUT2D eigenvalue weighted by atomic mass is 9.94. The molecule has 2 atom stereocenters. The molecule has 0 aromatic carbocycles. The van der Waals surface area contributed by atoms with Crippen LogP contribution < -0.4 is 10.0 Å². The van der Waals surface area contributed by atoms with Gasteiger partial charge in [-0.1, -0.05) is 0 Å². The van der Waals surface area contributed by atoms with Crippen LogP contribution in [-0.4, -0.2) is 32.5 Å². The molecule has 0 spiro atoms. The third kappa shape index (κ3) is 4.39. The predicted molar refractivity (Wildman–Crippen MR) is 79.5 cm³/mol. The lowest BCUT2D eigenvalue weighted by molar-refractivity contribution is 0.320. The summed E-state index contributed by atoms with van der Waals surface area (Å²) in [6, 6.07) is -0.0507. The van der Waals surface area contributed by atoms with Crippen molar-refractivity contribution in [3.05, 3.63) is 11.2 Å². The average molecular weight is 326 g/mol. The Bertz CT molecular complexity index is 498. The molecule has 1 fully saturated rings. The van der Waals surface area contributed by atoms with E-state index in [2.05, 4.69) is 15.0 Å². The fourth-order valence-electron chi connectivity index (χ4n) is 2.17. The molecular formula is C11H20ClN3O2S2. The van der Waals surface area contributed by atoms with E-state index >= 15 is 0 Å². The SMILES string of the molecule is Cc1ncc(S(=O)(=O)NC(C)C2CCCNC2)s1.Cl. The number of piperidine rings is 1. The zero-order valence-corrected chi connectivity index (χ0v) is 13.5. The maximum absolute atomic E-state index is 12.1. The lowest BCUT2D eigenvalue weighted by Crippen LogP contribution is -2.44. The smallest absolute Gasteiger partial charge is 0.251 e. The Morgan fingerprint density at radius 3 is 2.84 bits per heavy atom. The van der Waals surface area contributed by atoms with Crippen LogP contribution in [0, 0.1) is 12.8 Å². The summed E-state index contributed by atoms with van der Waals surface area (Å²) in [5, 5.41) is 4.07. The molecule has 2 N–H and O–H groups in total. The third-order valence-electron chi connectivity index (χ3n) is 3.25. The van der Waals surface area contributed by atoms with Gasteiger partial charge in [-0.25, -0.2) is 18.1 Å². The van der Waals surface area contributed by atoms with Crippen LogP contribution in [0.1, 0.15) is 24.8 Å².